The van der Waals surface area contributed by atoms with Crippen LogP contribution in [0.3, 0.4) is 0 Å². The normalized spacial score (nSPS) is 18.6. The maximum Gasteiger partial charge on any atom is 0.261 e. The van der Waals surface area contributed by atoms with E-state index in [4.69, 9.17) is 0 Å². The summed E-state index contributed by atoms with van der Waals surface area (Å²) in [5, 5.41) is 7.20. The van der Waals surface area contributed by atoms with E-state index in [-0.39, 0.29) is 11.6 Å². The fourth-order valence-electron chi connectivity index (χ4n) is 2.69. The maximum absolute atomic E-state index is 12.3. The van der Waals surface area contributed by atoms with Gasteiger partial charge in [-0.2, -0.15) is 5.10 Å². The molecule has 1 fully saturated rings. The van der Waals surface area contributed by atoms with Crippen molar-refractivity contribution in [1.82, 2.24) is 19.1 Å². The largest absolute Gasteiger partial charge is 0.312 e. The highest BCUT2D eigenvalue weighted by Crippen LogP contribution is 2.23. The first-order valence-corrected chi connectivity index (χ1v) is 8.31. The molecule has 7 nitrogen and oxygen atoms in total. The average molecular weight is 296 g/mol. The predicted molar refractivity (Wildman–Crippen MR) is 75.0 cm³/mol. The molecule has 1 saturated heterocycles. The minimum atomic E-state index is -3.14. The van der Waals surface area contributed by atoms with E-state index in [1.165, 1.54) is 16.8 Å². The zero-order chi connectivity index (χ0) is 14.3. The summed E-state index contributed by atoms with van der Waals surface area (Å²) in [6.07, 6.45) is 5.80. The van der Waals surface area contributed by atoms with Crippen molar-refractivity contribution in [1.29, 1.82) is 0 Å². The van der Waals surface area contributed by atoms with Crippen LogP contribution in [0.2, 0.25) is 0 Å². The molecule has 3 rings (SSSR count). The summed E-state index contributed by atoms with van der Waals surface area (Å²) in [4.78, 5) is 12.3. The molecule has 0 bridgehead atoms. The van der Waals surface area contributed by atoms with Gasteiger partial charge >= 0.3 is 0 Å². The molecule has 1 N–H and O–H groups in total. The van der Waals surface area contributed by atoms with Crippen molar-refractivity contribution in [2.75, 3.05) is 19.3 Å². The SMILES string of the molecule is CS(=O)(=O)N1CCC(n2ccc3[nH]ncc3c2=O)CC1. The van der Waals surface area contributed by atoms with Crippen LogP contribution in [0.5, 0.6) is 0 Å². The quantitative estimate of drug-likeness (QED) is 0.864. The van der Waals surface area contributed by atoms with Gasteiger partial charge in [-0.1, -0.05) is 0 Å². The Morgan fingerprint density at radius 1 is 1.35 bits per heavy atom. The Balaban J connectivity index is 1.87. The summed E-state index contributed by atoms with van der Waals surface area (Å²) in [5.41, 5.74) is 0.647. The number of pyridine rings is 1. The molecule has 0 spiro atoms. The molecule has 1 aliphatic heterocycles. The Bertz CT molecular complexity index is 784. The number of hydrogen-bond acceptors (Lipinski definition) is 4. The van der Waals surface area contributed by atoms with Gasteiger partial charge in [0.05, 0.1) is 23.4 Å². The molecule has 0 aromatic carbocycles. The molecule has 3 heterocycles. The number of piperidine rings is 1. The second kappa shape index (κ2) is 4.71. The highest BCUT2D eigenvalue weighted by molar-refractivity contribution is 7.88. The van der Waals surface area contributed by atoms with Crippen LogP contribution in [-0.2, 0) is 10.0 Å². The van der Waals surface area contributed by atoms with Crippen LogP contribution < -0.4 is 5.56 Å². The van der Waals surface area contributed by atoms with E-state index >= 15 is 0 Å². The van der Waals surface area contributed by atoms with Crippen LogP contribution in [0, 0.1) is 0 Å². The zero-order valence-corrected chi connectivity index (χ0v) is 11.9. The fourth-order valence-corrected chi connectivity index (χ4v) is 3.57. The van der Waals surface area contributed by atoms with Crippen molar-refractivity contribution < 1.29 is 8.42 Å². The van der Waals surface area contributed by atoms with E-state index in [9.17, 15) is 13.2 Å². The molecule has 2 aromatic rings. The van der Waals surface area contributed by atoms with E-state index in [0.29, 0.717) is 31.3 Å². The Morgan fingerprint density at radius 2 is 2.05 bits per heavy atom. The van der Waals surface area contributed by atoms with Crippen LogP contribution >= 0.6 is 0 Å². The summed E-state index contributed by atoms with van der Waals surface area (Å²) in [7, 11) is -3.14. The number of aromatic amines is 1. The first-order chi connectivity index (χ1) is 9.47. The van der Waals surface area contributed by atoms with Crippen molar-refractivity contribution in [3.8, 4) is 0 Å². The molecule has 20 heavy (non-hydrogen) atoms. The number of nitrogens with one attached hydrogen (secondary N) is 1. The van der Waals surface area contributed by atoms with Crippen LogP contribution in [0.4, 0.5) is 0 Å². The van der Waals surface area contributed by atoms with Gasteiger partial charge in [0.15, 0.2) is 0 Å². The summed E-state index contributed by atoms with van der Waals surface area (Å²) in [6, 6.07) is 1.87. The molecular weight excluding hydrogens is 280 g/mol. The first kappa shape index (κ1) is 13.3. The highest BCUT2D eigenvalue weighted by Gasteiger charge is 2.26. The third-order valence-corrected chi connectivity index (χ3v) is 5.12. The third-order valence-electron chi connectivity index (χ3n) is 3.82. The third kappa shape index (κ3) is 2.25. The topological polar surface area (TPSA) is 88.1 Å². The van der Waals surface area contributed by atoms with E-state index in [0.717, 1.165) is 5.52 Å². The van der Waals surface area contributed by atoms with Gasteiger partial charge in [0.25, 0.3) is 5.56 Å². The Morgan fingerprint density at radius 3 is 2.70 bits per heavy atom. The van der Waals surface area contributed by atoms with Gasteiger partial charge in [0, 0.05) is 25.3 Å². The summed E-state index contributed by atoms with van der Waals surface area (Å²) >= 11 is 0. The lowest BCUT2D eigenvalue weighted by atomic mass is 10.1. The molecular formula is C12H16N4O3S. The number of fused-ring (bicyclic) bond motifs is 1. The summed E-state index contributed by atoms with van der Waals surface area (Å²) in [6.45, 7) is 0.915. The first-order valence-electron chi connectivity index (χ1n) is 6.46. The number of sulfonamides is 1. The van der Waals surface area contributed by atoms with Crippen LogP contribution in [0.1, 0.15) is 18.9 Å². The maximum atomic E-state index is 12.3. The highest BCUT2D eigenvalue weighted by atomic mass is 32.2. The van der Waals surface area contributed by atoms with Crippen molar-refractivity contribution in [3.63, 3.8) is 0 Å². The minimum absolute atomic E-state index is 0.0415. The fraction of sp³-hybridized carbons (Fsp3) is 0.500. The van der Waals surface area contributed by atoms with Crippen LogP contribution in [0.15, 0.2) is 23.3 Å². The minimum Gasteiger partial charge on any atom is -0.312 e. The van der Waals surface area contributed by atoms with E-state index < -0.39 is 10.0 Å². The molecule has 108 valence electrons. The number of aromatic nitrogens is 3. The van der Waals surface area contributed by atoms with Crippen molar-refractivity contribution in [2.24, 2.45) is 0 Å². The number of rotatable bonds is 2. The number of hydrogen-bond donors (Lipinski definition) is 1. The standard InChI is InChI=1S/C12H16N4O3S/c1-20(18,19)15-5-2-9(3-6-15)16-7-4-11-10(12(16)17)8-13-14-11/h4,7-9H,2-3,5-6H2,1H3,(H,13,14). The zero-order valence-electron chi connectivity index (χ0n) is 11.1. The lowest BCUT2D eigenvalue weighted by Gasteiger charge is -2.31. The molecule has 1 aliphatic rings. The molecule has 0 aliphatic carbocycles. The van der Waals surface area contributed by atoms with Crippen LogP contribution in [0.25, 0.3) is 10.9 Å². The summed E-state index contributed by atoms with van der Waals surface area (Å²) in [5.74, 6) is 0. The molecule has 8 heteroatoms. The van der Waals surface area contributed by atoms with Gasteiger partial charge in [0.1, 0.15) is 0 Å². The number of H-pyrrole nitrogens is 1. The monoisotopic (exact) mass is 296 g/mol. The van der Waals surface area contributed by atoms with Crippen molar-refractivity contribution in [3.05, 3.63) is 28.8 Å². The lowest BCUT2D eigenvalue weighted by Crippen LogP contribution is -2.40. The van der Waals surface area contributed by atoms with E-state index in [1.807, 2.05) is 6.07 Å². The van der Waals surface area contributed by atoms with Gasteiger partial charge in [-0.25, -0.2) is 12.7 Å². The molecule has 0 amide bonds. The molecule has 0 atom stereocenters. The Labute approximate surface area is 116 Å². The molecule has 0 radical (unpaired) electrons. The average Bonchev–Trinajstić information content (AvgIpc) is 2.88. The number of nitrogens with zero attached hydrogens (tertiary/aromatic N) is 3. The van der Waals surface area contributed by atoms with E-state index in [2.05, 4.69) is 10.2 Å². The van der Waals surface area contributed by atoms with Gasteiger partial charge < -0.3 is 4.57 Å². The Kier molecular flexibility index (Phi) is 3.14. The molecule has 0 saturated carbocycles. The summed E-state index contributed by atoms with van der Waals surface area (Å²) < 4.78 is 26.1. The lowest BCUT2D eigenvalue weighted by molar-refractivity contribution is 0.272. The van der Waals surface area contributed by atoms with E-state index in [1.54, 1.807) is 10.8 Å². The van der Waals surface area contributed by atoms with Gasteiger partial charge in [-0.05, 0) is 18.9 Å². The molecule has 2 aromatic heterocycles. The molecule has 0 unspecified atom stereocenters. The van der Waals surface area contributed by atoms with Gasteiger partial charge in [0.2, 0.25) is 10.0 Å². The van der Waals surface area contributed by atoms with Crippen molar-refractivity contribution in [2.45, 2.75) is 18.9 Å². The predicted octanol–water partition coefficient (Wildman–Crippen LogP) is 0.321. The Hall–Kier alpha value is -1.67. The second-order valence-electron chi connectivity index (χ2n) is 5.12. The second-order valence-corrected chi connectivity index (χ2v) is 7.10. The van der Waals surface area contributed by atoms with Crippen molar-refractivity contribution >= 4 is 20.9 Å². The van der Waals surface area contributed by atoms with Gasteiger partial charge in [-0.3, -0.25) is 9.89 Å². The van der Waals surface area contributed by atoms with Gasteiger partial charge in [-0.15, -0.1) is 0 Å². The smallest absolute Gasteiger partial charge is 0.261 e. The van der Waals surface area contributed by atoms with Crippen LogP contribution in [-0.4, -0.2) is 46.8 Å².